The maximum Gasteiger partial charge on any atom is 0.404 e. The van der Waals surface area contributed by atoms with E-state index in [2.05, 4.69) is 10.5 Å². The van der Waals surface area contributed by atoms with Crippen LogP contribution in [0.15, 0.2) is 0 Å². The van der Waals surface area contributed by atoms with E-state index in [-0.39, 0.29) is 6.29 Å². The summed E-state index contributed by atoms with van der Waals surface area (Å²) in [4.78, 5) is 20.3. The van der Waals surface area contributed by atoms with E-state index in [9.17, 15) is 24.9 Å². The summed E-state index contributed by atoms with van der Waals surface area (Å²) in [5.74, 6) is 0. The predicted molar refractivity (Wildman–Crippen MR) is 51.6 cm³/mol. The van der Waals surface area contributed by atoms with Crippen LogP contribution in [0, 0.1) is 0 Å². The maximum atomic E-state index is 10.2. The Kier molecular flexibility index (Phi) is 6.61. The second kappa shape index (κ2) is 7.14. The number of carbonyl (C=O) groups is 2. The van der Waals surface area contributed by atoms with Crippen molar-refractivity contribution in [3.05, 3.63) is 0 Å². The largest absolute Gasteiger partial charge is 0.447 e. The van der Waals surface area contributed by atoms with Crippen LogP contribution in [0.5, 0.6) is 0 Å². The van der Waals surface area contributed by atoms with Crippen LogP contribution in [0.2, 0.25) is 0 Å². The Hall–Kier alpha value is -1.26. The molecule has 5 unspecified atom stereocenters. The molecular formula is C8H15NO8. The molecule has 1 amide bonds. The molecule has 0 fully saturated rings. The second-order valence-electron chi connectivity index (χ2n) is 3.30. The Morgan fingerprint density at radius 3 is 2.06 bits per heavy atom. The van der Waals surface area contributed by atoms with Crippen molar-refractivity contribution >= 4 is 12.4 Å². The monoisotopic (exact) mass is 253 g/mol. The van der Waals surface area contributed by atoms with E-state index < -0.39 is 43.2 Å². The van der Waals surface area contributed by atoms with E-state index in [4.69, 9.17) is 10.2 Å². The highest BCUT2D eigenvalue weighted by Gasteiger charge is 2.34. The summed E-state index contributed by atoms with van der Waals surface area (Å²) in [6.45, 7) is -0.711. The standard InChI is InChI=1S/C8H15NO8/c9-8(16)17-2-4(12)6(14)7(15)5(13)3(11)1-10/h1,3-7,11-15H,2H2,(H2,9,16). The highest BCUT2D eigenvalue weighted by atomic mass is 16.6. The van der Waals surface area contributed by atoms with Crippen molar-refractivity contribution in [1.82, 2.24) is 0 Å². The fraction of sp³-hybridized carbons (Fsp3) is 0.750. The zero-order chi connectivity index (χ0) is 13.6. The van der Waals surface area contributed by atoms with Crippen LogP contribution in [-0.2, 0) is 9.53 Å². The third-order valence-electron chi connectivity index (χ3n) is 1.98. The van der Waals surface area contributed by atoms with Gasteiger partial charge in [0.2, 0.25) is 0 Å². The van der Waals surface area contributed by atoms with Gasteiger partial charge in [-0.25, -0.2) is 4.79 Å². The molecule has 0 saturated carbocycles. The van der Waals surface area contributed by atoms with Gasteiger partial charge in [-0.3, -0.25) is 0 Å². The lowest BCUT2D eigenvalue weighted by Crippen LogP contribution is -2.50. The normalized spacial score (nSPS) is 19.8. The minimum Gasteiger partial charge on any atom is -0.447 e. The minimum atomic E-state index is -2.00. The number of nitrogens with two attached hydrogens (primary N) is 1. The molecule has 0 aromatic rings. The van der Waals surface area contributed by atoms with Crippen LogP contribution < -0.4 is 5.73 Å². The van der Waals surface area contributed by atoms with Gasteiger partial charge in [-0.2, -0.15) is 0 Å². The SMILES string of the molecule is NC(=O)OCC(O)C(O)C(O)C(O)C(O)C=O. The summed E-state index contributed by atoms with van der Waals surface area (Å²) in [6.07, 6.45) is -10.8. The van der Waals surface area contributed by atoms with Crippen LogP contribution in [0.3, 0.4) is 0 Å². The van der Waals surface area contributed by atoms with Gasteiger partial charge in [0, 0.05) is 0 Å². The van der Waals surface area contributed by atoms with E-state index in [0.717, 1.165) is 0 Å². The van der Waals surface area contributed by atoms with Gasteiger partial charge in [-0.15, -0.1) is 0 Å². The Balaban J connectivity index is 4.31. The second-order valence-corrected chi connectivity index (χ2v) is 3.30. The number of aliphatic hydroxyl groups excluding tert-OH is 5. The molecule has 7 N–H and O–H groups in total. The first kappa shape index (κ1) is 15.7. The molecule has 100 valence electrons. The summed E-state index contributed by atoms with van der Waals surface area (Å²) in [5.41, 5.74) is 4.59. The van der Waals surface area contributed by atoms with Gasteiger partial charge in [0.05, 0.1) is 0 Å². The Morgan fingerprint density at radius 1 is 1.12 bits per heavy atom. The number of carbonyl (C=O) groups excluding carboxylic acids is 2. The summed E-state index contributed by atoms with van der Waals surface area (Å²) >= 11 is 0. The lowest BCUT2D eigenvalue weighted by molar-refractivity contribution is -0.147. The van der Waals surface area contributed by atoms with Crippen molar-refractivity contribution < 1.29 is 39.9 Å². The molecule has 0 aromatic heterocycles. The van der Waals surface area contributed by atoms with E-state index in [0.29, 0.717) is 0 Å². The fourth-order valence-corrected chi connectivity index (χ4v) is 0.978. The molecule has 0 rings (SSSR count). The first-order chi connectivity index (χ1) is 7.81. The van der Waals surface area contributed by atoms with E-state index in [1.54, 1.807) is 0 Å². The van der Waals surface area contributed by atoms with Crippen molar-refractivity contribution in [2.24, 2.45) is 5.73 Å². The molecule has 0 aliphatic heterocycles. The van der Waals surface area contributed by atoms with Gasteiger partial charge < -0.3 is 40.8 Å². The van der Waals surface area contributed by atoms with Gasteiger partial charge in [-0.1, -0.05) is 0 Å². The maximum absolute atomic E-state index is 10.2. The molecular weight excluding hydrogens is 238 g/mol. The number of hydrogen-bond donors (Lipinski definition) is 6. The topological polar surface area (TPSA) is 171 Å². The molecule has 0 aromatic carbocycles. The van der Waals surface area contributed by atoms with Crippen molar-refractivity contribution in [2.45, 2.75) is 30.5 Å². The van der Waals surface area contributed by atoms with E-state index in [1.165, 1.54) is 0 Å². The van der Waals surface area contributed by atoms with Crippen molar-refractivity contribution in [3.63, 3.8) is 0 Å². The van der Waals surface area contributed by atoms with Crippen molar-refractivity contribution in [2.75, 3.05) is 6.61 Å². The molecule has 17 heavy (non-hydrogen) atoms. The van der Waals surface area contributed by atoms with Crippen LogP contribution in [-0.4, -0.2) is 75.0 Å². The molecule has 0 saturated heterocycles. The van der Waals surface area contributed by atoms with Gasteiger partial charge in [0.15, 0.2) is 6.29 Å². The average Bonchev–Trinajstić information content (AvgIpc) is 2.31. The number of amides is 1. The lowest BCUT2D eigenvalue weighted by atomic mass is 10.00. The number of rotatable bonds is 7. The van der Waals surface area contributed by atoms with E-state index in [1.807, 2.05) is 0 Å². The quantitative estimate of drug-likeness (QED) is 0.250. The van der Waals surface area contributed by atoms with Gasteiger partial charge >= 0.3 is 6.09 Å². The molecule has 0 bridgehead atoms. The summed E-state index contributed by atoms with van der Waals surface area (Å²) in [5, 5.41) is 45.8. The number of hydrogen-bond acceptors (Lipinski definition) is 8. The number of ether oxygens (including phenoxy) is 1. The fourth-order valence-electron chi connectivity index (χ4n) is 0.978. The van der Waals surface area contributed by atoms with Crippen LogP contribution >= 0.6 is 0 Å². The average molecular weight is 253 g/mol. The summed E-state index contributed by atoms with van der Waals surface area (Å²) < 4.78 is 4.15. The van der Waals surface area contributed by atoms with Gasteiger partial charge in [-0.05, 0) is 0 Å². The van der Waals surface area contributed by atoms with Crippen LogP contribution in [0.1, 0.15) is 0 Å². The Morgan fingerprint density at radius 2 is 1.65 bits per heavy atom. The van der Waals surface area contributed by atoms with E-state index >= 15 is 0 Å². The molecule has 9 heteroatoms. The highest BCUT2D eigenvalue weighted by Crippen LogP contribution is 2.08. The van der Waals surface area contributed by atoms with Crippen molar-refractivity contribution in [1.29, 1.82) is 0 Å². The molecule has 0 heterocycles. The Labute approximate surface area is 96.0 Å². The Bertz CT molecular complexity index is 260. The van der Waals surface area contributed by atoms with Crippen molar-refractivity contribution in [3.8, 4) is 0 Å². The molecule has 0 aliphatic rings. The van der Waals surface area contributed by atoms with Crippen LogP contribution in [0.25, 0.3) is 0 Å². The molecule has 0 radical (unpaired) electrons. The number of primary amides is 1. The lowest BCUT2D eigenvalue weighted by Gasteiger charge is -2.26. The minimum absolute atomic E-state index is 0.0487. The van der Waals surface area contributed by atoms with Crippen LogP contribution in [0.4, 0.5) is 4.79 Å². The zero-order valence-corrected chi connectivity index (χ0v) is 8.71. The van der Waals surface area contributed by atoms with Gasteiger partial charge in [0.1, 0.15) is 37.1 Å². The van der Waals surface area contributed by atoms with Gasteiger partial charge in [0.25, 0.3) is 0 Å². The first-order valence-electron chi connectivity index (χ1n) is 4.59. The molecule has 0 spiro atoms. The third-order valence-corrected chi connectivity index (χ3v) is 1.98. The third kappa shape index (κ3) is 5.06. The smallest absolute Gasteiger partial charge is 0.404 e. The first-order valence-corrected chi connectivity index (χ1v) is 4.59. The predicted octanol–water partition coefficient (Wildman–Crippen LogP) is -3.91. The summed E-state index contributed by atoms with van der Waals surface area (Å²) in [6, 6.07) is 0. The highest BCUT2D eigenvalue weighted by molar-refractivity contribution is 5.64. The number of aldehydes is 1. The molecule has 0 aliphatic carbocycles. The molecule has 9 nitrogen and oxygen atoms in total. The zero-order valence-electron chi connectivity index (χ0n) is 8.71. The number of aliphatic hydroxyl groups is 5. The summed E-state index contributed by atoms with van der Waals surface area (Å²) in [7, 11) is 0. The molecule has 5 atom stereocenters.